The molecule has 2 aliphatic rings. The Kier molecular flexibility index (Phi) is 5.62. The Morgan fingerprint density at radius 1 is 1.04 bits per heavy atom. The molecule has 4 rings (SSSR count). The number of hydrogen-bond acceptors (Lipinski definition) is 5. The van der Waals surface area contributed by atoms with Crippen LogP contribution in [0.3, 0.4) is 0 Å². The van der Waals surface area contributed by atoms with E-state index in [9.17, 15) is 4.79 Å². The minimum Gasteiger partial charge on any atom is -0.497 e. The molecule has 5 nitrogen and oxygen atoms in total. The number of carbonyl (C=O) groups is 1. The fourth-order valence-electron chi connectivity index (χ4n) is 3.82. The van der Waals surface area contributed by atoms with Gasteiger partial charge in [0.15, 0.2) is 0 Å². The smallest absolute Gasteiger partial charge is 0.253 e. The summed E-state index contributed by atoms with van der Waals surface area (Å²) in [6, 6.07) is 15.9. The van der Waals surface area contributed by atoms with Crippen molar-refractivity contribution >= 4 is 17.9 Å². The summed E-state index contributed by atoms with van der Waals surface area (Å²) in [6.45, 7) is 5.16. The molecule has 1 spiro atoms. The van der Waals surface area contributed by atoms with Crippen LogP contribution in [0.2, 0.25) is 0 Å². The Morgan fingerprint density at radius 3 is 2.36 bits per heavy atom. The first-order valence-electron chi connectivity index (χ1n) is 9.69. The van der Waals surface area contributed by atoms with E-state index in [2.05, 4.69) is 35.5 Å². The number of benzene rings is 2. The predicted octanol–water partition coefficient (Wildman–Crippen LogP) is 3.98. The number of methoxy groups -OCH3 is 1. The van der Waals surface area contributed by atoms with Gasteiger partial charge >= 0.3 is 0 Å². The average molecular weight is 399 g/mol. The summed E-state index contributed by atoms with van der Waals surface area (Å²) in [4.78, 5) is 16.0. The lowest BCUT2D eigenvalue weighted by Crippen LogP contribution is -2.52. The van der Waals surface area contributed by atoms with Crippen LogP contribution in [0.15, 0.2) is 53.4 Å². The molecule has 0 aromatic heterocycles. The summed E-state index contributed by atoms with van der Waals surface area (Å²) in [5.74, 6) is 0.838. The molecule has 0 saturated carbocycles. The van der Waals surface area contributed by atoms with Crippen molar-refractivity contribution < 1.29 is 14.3 Å². The monoisotopic (exact) mass is 398 g/mol. The summed E-state index contributed by atoms with van der Waals surface area (Å²) in [5.41, 5.74) is 1.70. The Hall–Kier alpha value is -2.02. The van der Waals surface area contributed by atoms with Gasteiger partial charge in [0, 0.05) is 42.9 Å². The molecule has 2 aliphatic heterocycles. The quantitative estimate of drug-likeness (QED) is 0.729. The van der Waals surface area contributed by atoms with Gasteiger partial charge in [-0.25, -0.2) is 4.31 Å². The second-order valence-corrected chi connectivity index (χ2v) is 8.42. The molecule has 0 unspecified atom stereocenters. The van der Waals surface area contributed by atoms with Gasteiger partial charge in [-0.2, -0.15) is 0 Å². The van der Waals surface area contributed by atoms with Gasteiger partial charge in [0.05, 0.1) is 13.7 Å². The Labute approximate surface area is 170 Å². The lowest BCUT2D eigenvalue weighted by molar-refractivity contribution is -0.0827. The Bertz CT molecular complexity index is 815. The minimum atomic E-state index is -0.272. The van der Waals surface area contributed by atoms with Crippen LogP contribution in [0.25, 0.3) is 0 Å². The van der Waals surface area contributed by atoms with Gasteiger partial charge in [0.1, 0.15) is 11.5 Å². The van der Waals surface area contributed by atoms with Crippen molar-refractivity contribution in [3.05, 3.63) is 59.7 Å². The van der Waals surface area contributed by atoms with Gasteiger partial charge in [0.25, 0.3) is 5.91 Å². The number of likely N-dealkylation sites (tertiary alicyclic amines) is 1. The maximum atomic E-state index is 12.8. The summed E-state index contributed by atoms with van der Waals surface area (Å²) in [6.07, 6.45) is 1.65. The first-order chi connectivity index (χ1) is 13.6. The molecule has 1 amide bonds. The van der Waals surface area contributed by atoms with E-state index in [0.717, 1.165) is 31.7 Å². The van der Waals surface area contributed by atoms with Crippen LogP contribution in [0.4, 0.5) is 0 Å². The van der Waals surface area contributed by atoms with E-state index < -0.39 is 0 Å². The average Bonchev–Trinajstić information content (AvgIpc) is 3.11. The topological polar surface area (TPSA) is 42.0 Å². The lowest BCUT2D eigenvalue weighted by atomic mass is 10.00. The third-order valence-corrected chi connectivity index (χ3v) is 6.74. The molecule has 0 N–H and O–H groups in total. The molecule has 28 heavy (non-hydrogen) atoms. The van der Waals surface area contributed by atoms with Crippen molar-refractivity contribution in [3.63, 3.8) is 0 Å². The molecule has 2 saturated heterocycles. The van der Waals surface area contributed by atoms with Crippen LogP contribution >= 0.6 is 11.9 Å². The number of nitrogens with zero attached hydrogens (tertiary/aromatic N) is 2. The lowest BCUT2D eigenvalue weighted by Gasteiger charge is -2.43. The number of piperidine rings is 1. The van der Waals surface area contributed by atoms with Gasteiger partial charge in [-0.05, 0) is 55.3 Å². The van der Waals surface area contributed by atoms with E-state index in [1.54, 1.807) is 19.1 Å². The highest BCUT2D eigenvalue weighted by Crippen LogP contribution is 2.41. The highest BCUT2D eigenvalue weighted by atomic mass is 32.2. The largest absolute Gasteiger partial charge is 0.497 e. The van der Waals surface area contributed by atoms with E-state index in [-0.39, 0.29) is 11.6 Å². The summed E-state index contributed by atoms with van der Waals surface area (Å²) < 4.78 is 13.7. The normalized spacial score (nSPS) is 19.1. The van der Waals surface area contributed by atoms with E-state index in [1.807, 2.05) is 29.2 Å². The molecule has 2 aromatic carbocycles. The zero-order valence-corrected chi connectivity index (χ0v) is 17.2. The third-order valence-electron chi connectivity index (χ3n) is 5.53. The van der Waals surface area contributed by atoms with Crippen molar-refractivity contribution in [3.8, 4) is 5.75 Å². The zero-order chi connectivity index (χ0) is 19.6. The van der Waals surface area contributed by atoms with Crippen LogP contribution in [0, 0.1) is 6.92 Å². The Balaban J connectivity index is 1.40. The van der Waals surface area contributed by atoms with Crippen molar-refractivity contribution in [2.75, 3.05) is 33.4 Å². The number of hydrogen-bond donors (Lipinski definition) is 0. The van der Waals surface area contributed by atoms with Gasteiger partial charge in [0.2, 0.25) is 0 Å². The van der Waals surface area contributed by atoms with Crippen molar-refractivity contribution in [1.29, 1.82) is 0 Å². The second-order valence-electron chi connectivity index (χ2n) is 7.32. The van der Waals surface area contributed by atoms with Gasteiger partial charge in [-0.3, -0.25) is 4.79 Å². The number of aryl methyl sites for hydroxylation is 1. The third kappa shape index (κ3) is 3.90. The SMILES string of the molecule is COc1ccc(C(=O)N2CCC3(CC2)OCCN3Sc2ccc(C)cc2)cc1. The molecule has 6 heteroatoms. The molecule has 0 aliphatic carbocycles. The number of carbonyl (C=O) groups excluding carboxylic acids is 1. The van der Waals surface area contributed by atoms with E-state index in [4.69, 9.17) is 9.47 Å². The van der Waals surface area contributed by atoms with Crippen LogP contribution in [-0.4, -0.2) is 54.2 Å². The molecule has 2 aromatic rings. The maximum absolute atomic E-state index is 12.8. The first kappa shape index (κ1) is 19.3. The van der Waals surface area contributed by atoms with Gasteiger partial charge in [-0.15, -0.1) is 0 Å². The van der Waals surface area contributed by atoms with Gasteiger partial charge < -0.3 is 14.4 Å². The molecule has 148 valence electrons. The Morgan fingerprint density at radius 2 is 1.71 bits per heavy atom. The molecule has 2 heterocycles. The summed E-state index contributed by atoms with van der Waals surface area (Å²) in [5, 5.41) is 0. The van der Waals surface area contributed by atoms with E-state index in [1.165, 1.54) is 10.5 Å². The molecule has 0 bridgehead atoms. The standard InChI is InChI=1S/C22H26N2O3S/c1-17-3-9-20(10-4-17)28-24-15-16-27-22(24)11-13-23(14-12-22)21(25)18-5-7-19(26-2)8-6-18/h3-10H,11-16H2,1-2H3. The molecular weight excluding hydrogens is 372 g/mol. The van der Waals surface area contributed by atoms with Crippen LogP contribution in [-0.2, 0) is 4.74 Å². The fourth-order valence-corrected chi connectivity index (χ4v) is 4.90. The van der Waals surface area contributed by atoms with Crippen LogP contribution in [0.1, 0.15) is 28.8 Å². The molecule has 0 atom stereocenters. The fraction of sp³-hybridized carbons (Fsp3) is 0.409. The van der Waals surface area contributed by atoms with Crippen molar-refractivity contribution in [1.82, 2.24) is 9.21 Å². The molecule has 0 radical (unpaired) electrons. The minimum absolute atomic E-state index is 0.0771. The van der Waals surface area contributed by atoms with E-state index >= 15 is 0 Å². The number of rotatable bonds is 4. The maximum Gasteiger partial charge on any atom is 0.253 e. The van der Waals surface area contributed by atoms with Crippen LogP contribution in [0.5, 0.6) is 5.75 Å². The van der Waals surface area contributed by atoms with Crippen molar-refractivity contribution in [2.24, 2.45) is 0 Å². The summed E-state index contributed by atoms with van der Waals surface area (Å²) in [7, 11) is 1.63. The predicted molar refractivity (Wildman–Crippen MR) is 111 cm³/mol. The summed E-state index contributed by atoms with van der Waals surface area (Å²) >= 11 is 1.77. The van der Waals surface area contributed by atoms with Crippen molar-refractivity contribution in [2.45, 2.75) is 30.4 Å². The molecule has 2 fully saturated rings. The second kappa shape index (κ2) is 8.15. The van der Waals surface area contributed by atoms with E-state index in [0.29, 0.717) is 18.7 Å². The first-order valence-corrected chi connectivity index (χ1v) is 10.5. The number of amides is 1. The highest BCUT2D eigenvalue weighted by molar-refractivity contribution is 7.97. The van der Waals surface area contributed by atoms with Crippen LogP contribution < -0.4 is 4.74 Å². The molecular formula is C22H26N2O3S. The number of ether oxygens (including phenoxy) is 2. The van der Waals surface area contributed by atoms with Gasteiger partial charge in [-0.1, -0.05) is 17.7 Å². The zero-order valence-electron chi connectivity index (χ0n) is 16.4. The highest BCUT2D eigenvalue weighted by Gasteiger charge is 2.46.